The maximum absolute atomic E-state index is 12.2. The summed E-state index contributed by atoms with van der Waals surface area (Å²) >= 11 is 0. The normalized spacial score (nSPS) is 16.6. The Kier molecular flexibility index (Phi) is 4.60. The molecule has 1 aliphatic rings. The lowest BCUT2D eigenvalue weighted by molar-refractivity contribution is -0.119. The molecule has 110 valence electrons. The second-order valence-corrected chi connectivity index (χ2v) is 5.81. The number of amides is 1. The molecule has 5 heteroatoms. The molecule has 0 radical (unpaired) electrons. The summed E-state index contributed by atoms with van der Waals surface area (Å²) < 4.78 is 5.59. The highest BCUT2D eigenvalue weighted by atomic mass is 16.5. The summed E-state index contributed by atoms with van der Waals surface area (Å²) in [5.74, 6) is 0.447. The van der Waals surface area contributed by atoms with Crippen molar-refractivity contribution in [2.24, 2.45) is 11.1 Å². The first-order valence-corrected chi connectivity index (χ1v) is 7.16. The maximum Gasteiger partial charge on any atom is 0.238 e. The molecule has 0 bridgehead atoms. The summed E-state index contributed by atoms with van der Waals surface area (Å²) in [5.41, 5.74) is 6.42. The van der Waals surface area contributed by atoms with Crippen LogP contribution in [0.15, 0.2) is 18.3 Å². The first-order chi connectivity index (χ1) is 9.54. The minimum Gasteiger partial charge on any atom is -0.473 e. The minimum absolute atomic E-state index is 0.00532. The average molecular weight is 277 g/mol. The molecule has 5 nitrogen and oxygen atoms in total. The largest absolute Gasteiger partial charge is 0.473 e. The van der Waals surface area contributed by atoms with E-state index in [0.717, 1.165) is 12.8 Å². The van der Waals surface area contributed by atoms with Crippen molar-refractivity contribution in [2.75, 3.05) is 11.9 Å². The van der Waals surface area contributed by atoms with Crippen molar-refractivity contribution in [2.45, 2.75) is 45.6 Å². The number of pyridine rings is 1. The summed E-state index contributed by atoms with van der Waals surface area (Å²) in [6, 6.07) is 3.59. The van der Waals surface area contributed by atoms with Crippen molar-refractivity contribution < 1.29 is 9.53 Å². The Labute approximate surface area is 119 Å². The molecule has 1 fully saturated rings. The molecule has 0 atom stereocenters. The highest BCUT2D eigenvalue weighted by molar-refractivity contribution is 5.92. The van der Waals surface area contributed by atoms with E-state index in [1.807, 2.05) is 13.8 Å². The van der Waals surface area contributed by atoms with Crippen molar-refractivity contribution in [1.82, 2.24) is 4.98 Å². The molecule has 0 saturated heterocycles. The Balaban J connectivity index is 2.00. The third-order valence-electron chi connectivity index (χ3n) is 3.78. The lowest BCUT2D eigenvalue weighted by Gasteiger charge is -2.40. The average Bonchev–Trinajstić information content (AvgIpc) is 2.36. The van der Waals surface area contributed by atoms with Crippen molar-refractivity contribution >= 4 is 11.6 Å². The molecule has 1 aromatic rings. The fraction of sp³-hybridized carbons (Fsp3) is 0.600. The fourth-order valence-electron chi connectivity index (χ4n) is 2.47. The number of aromatic nitrogens is 1. The van der Waals surface area contributed by atoms with Gasteiger partial charge in [0.05, 0.1) is 6.10 Å². The number of carbonyl (C=O) groups excluding carboxylic acids is 1. The van der Waals surface area contributed by atoms with Crippen LogP contribution in [0.25, 0.3) is 0 Å². The summed E-state index contributed by atoms with van der Waals surface area (Å²) in [6.07, 6.45) is 5.39. The smallest absolute Gasteiger partial charge is 0.238 e. The Morgan fingerprint density at radius 1 is 1.55 bits per heavy atom. The lowest BCUT2D eigenvalue weighted by atomic mass is 9.66. The number of hydrogen-bond donors (Lipinski definition) is 2. The number of carbonyl (C=O) groups is 1. The number of ether oxygens (including phenoxy) is 1. The molecule has 0 unspecified atom stereocenters. The first kappa shape index (κ1) is 14.8. The molecule has 1 aliphatic carbocycles. The van der Waals surface area contributed by atoms with Gasteiger partial charge in [0, 0.05) is 12.6 Å². The van der Waals surface area contributed by atoms with Gasteiger partial charge < -0.3 is 15.8 Å². The second kappa shape index (κ2) is 6.22. The van der Waals surface area contributed by atoms with E-state index in [2.05, 4.69) is 10.3 Å². The van der Waals surface area contributed by atoms with Gasteiger partial charge in [-0.3, -0.25) is 4.79 Å². The molecular weight excluding hydrogens is 254 g/mol. The van der Waals surface area contributed by atoms with Crippen LogP contribution in [0.5, 0.6) is 5.88 Å². The van der Waals surface area contributed by atoms with E-state index in [1.54, 1.807) is 18.3 Å². The van der Waals surface area contributed by atoms with Crippen molar-refractivity contribution in [3.8, 4) is 5.88 Å². The third-order valence-corrected chi connectivity index (χ3v) is 3.78. The second-order valence-electron chi connectivity index (χ2n) is 5.81. The van der Waals surface area contributed by atoms with E-state index in [1.165, 1.54) is 6.42 Å². The molecule has 1 amide bonds. The molecule has 2 rings (SSSR count). The van der Waals surface area contributed by atoms with Crippen LogP contribution >= 0.6 is 0 Å². The minimum atomic E-state index is -0.0169. The van der Waals surface area contributed by atoms with Crippen LogP contribution in [0.1, 0.15) is 39.5 Å². The number of nitrogens with one attached hydrogen (secondary N) is 1. The highest BCUT2D eigenvalue weighted by Crippen LogP contribution is 2.43. The zero-order chi connectivity index (χ0) is 14.6. The maximum atomic E-state index is 12.2. The van der Waals surface area contributed by atoms with Gasteiger partial charge in [-0.15, -0.1) is 0 Å². The van der Waals surface area contributed by atoms with Crippen molar-refractivity contribution in [3.05, 3.63) is 18.3 Å². The van der Waals surface area contributed by atoms with Gasteiger partial charge in [0.25, 0.3) is 0 Å². The number of rotatable bonds is 6. The van der Waals surface area contributed by atoms with Crippen molar-refractivity contribution in [1.29, 1.82) is 0 Å². The quantitative estimate of drug-likeness (QED) is 0.836. The van der Waals surface area contributed by atoms with Crippen LogP contribution in [-0.2, 0) is 4.79 Å². The van der Waals surface area contributed by atoms with E-state index in [-0.39, 0.29) is 17.4 Å². The zero-order valence-electron chi connectivity index (χ0n) is 12.2. The number of nitrogens with zero attached hydrogens (tertiary/aromatic N) is 1. The third kappa shape index (κ3) is 3.48. The Morgan fingerprint density at radius 3 is 2.85 bits per heavy atom. The van der Waals surface area contributed by atoms with Crippen LogP contribution in [0.3, 0.4) is 0 Å². The summed E-state index contributed by atoms with van der Waals surface area (Å²) in [6.45, 7) is 4.43. The number of hydrogen-bond acceptors (Lipinski definition) is 4. The Bertz CT molecular complexity index is 464. The van der Waals surface area contributed by atoms with E-state index in [4.69, 9.17) is 10.5 Å². The van der Waals surface area contributed by atoms with Crippen LogP contribution in [-0.4, -0.2) is 23.5 Å². The number of anilines is 1. The molecule has 1 saturated carbocycles. The van der Waals surface area contributed by atoms with E-state index in [9.17, 15) is 4.79 Å². The van der Waals surface area contributed by atoms with Crippen LogP contribution < -0.4 is 15.8 Å². The van der Waals surface area contributed by atoms with Crippen LogP contribution in [0, 0.1) is 5.41 Å². The van der Waals surface area contributed by atoms with E-state index in [0.29, 0.717) is 24.5 Å². The molecule has 0 spiro atoms. The van der Waals surface area contributed by atoms with Gasteiger partial charge in [0.15, 0.2) is 0 Å². The molecule has 1 heterocycles. The predicted molar refractivity (Wildman–Crippen MR) is 78.6 cm³/mol. The fourth-order valence-corrected chi connectivity index (χ4v) is 2.47. The SMILES string of the molecule is CC(C)Oc1ncccc1NC(=O)CC1(CN)CCC1. The predicted octanol–water partition coefficient (Wildman–Crippen LogP) is 2.33. The number of nitrogens with two attached hydrogens (primary N) is 1. The Hall–Kier alpha value is -1.62. The lowest BCUT2D eigenvalue weighted by Crippen LogP contribution is -2.40. The molecule has 0 aliphatic heterocycles. The van der Waals surface area contributed by atoms with E-state index < -0.39 is 0 Å². The summed E-state index contributed by atoms with van der Waals surface area (Å²) in [7, 11) is 0. The zero-order valence-corrected chi connectivity index (χ0v) is 12.2. The highest BCUT2D eigenvalue weighted by Gasteiger charge is 2.37. The molecule has 3 N–H and O–H groups in total. The van der Waals surface area contributed by atoms with Gasteiger partial charge in [0.1, 0.15) is 5.69 Å². The van der Waals surface area contributed by atoms with Crippen molar-refractivity contribution in [3.63, 3.8) is 0 Å². The molecular formula is C15H23N3O2. The van der Waals surface area contributed by atoms with Gasteiger partial charge in [-0.05, 0) is 50.8 Å². The summed E-state index contributed by atoms with van der Waals surface area (Å²) in [4.78, 5) is 16.3. The standard InChI is InChI=1S/C15H23N3O2/c1-11(2)20-14-12(5-3-8-17-14)18-13(19)9-15(10-16)6-4-7-15/h3,5,8,11H,4,6-7,9-10,16H2,1-2H3,(H,18,19). The van der Waals surface area contributed by atoms with Crippen LogP contribution in [0.4, 0.5) is 5.69 Å². The van der Waals surface area contributed by atoms with Crippen LogP contribution in [0.2, 0.25) is 0 Å². The van der Waals surface area contributed by atoms with Gasteiger partial charge in [0.2, 0.25) is 11.8 Å². The first-order valence-electron chi connectivity index (χ1n) is 7.16. The topological polar surface area (TPSA) is 77.2 Å². The molecule has 0 aromatic carbocycles. The summed E-state index contributed by atoms with van der Waals surface area (Å²) in [5, 5.41) is 2.89. The van der Waals surface area contributed by atoms with E-state index >= 15 is 0 Å². The van der Waals surface area contributed by atoms with Gasteiger partial charge in [-0.1, -0.05) is 6.42 Å². The Morgan fingerprint density at radius 2 is 2.30 bits per heavy atom. The molecule has 20 heavy (non-hydrogen) atoms. The van der Waals surface area contributed by atoms with Gasteiger partial charge in [-0.2, -0.15) is 0 Å². The van der Waals surface area contributed by atoms with Gasteiger partial charge >= 0.3 is 0 Å². The monoisotopic (exact) mass is 277 g/mol. The van der Waals surface area contributed by atoms with Gasteiger partial charge in [-0.25, -0.2) is 4.98 Å². The molecule has 1 aromatic heterocycles.